The third-order valence-electron chi connectivity index (χ3n) is 4.97. The number of rotatable bonds is 22. The standard InChI is InChI=1S/C27H48O4/c1-4-7-8-9-10-11-12-13-14-15-16-17-18-19-20-21-22-23-27(28)31-26(24-29-5-2)25-30-6-3/h18-23,26H,4-17,24-25H2,1-3H3. The van der Waals surface area contributed by atoms with Crippen LogP contribution in [0.2, 0.25) is 0 Å². The summed E-state index contributed by atoms with van der Waals surface area (Å²) in [5.41, 5.74) is 0. The van der Waals surface area contributed by atoms with E-state index < -0.39 is 0 Å². The van der Waals surface area contributed by atoms with E-state index >= 15 is 0 Å². The van der Waals surface area contributed by atoms with Crippen LogP contribution in [0.1, 0.15) is 97.8 Å². The molecular formula is C27H48O4. The molecule has 0 aliphatic heterocycles. The summed E-state index contributed by atoms with van der Waals surface area (Å²) in [7, 11) is 0. The molecule has 0 unspecified atom stereocenters. The summed E-state index contributed by atoms with van der Waals surface area (Å²) in [6.45, 7) is 7.98. The monoisotopic (exact) mass is 436 g/mol. The SMILES string of the molecule is CCCCCCCCCCCCCC=CC=CC=CC(=O)OC(COCC)COCC. The van der Waals surface area contributed by atoms with Crippen LogP contribution in [0.25, 0.3) is 0 Å². The molecule has 0 saturated heterocycles. The maximum Gasteiger partial charge on any atom is 0.331 e. The molecule has 0 bridgehead atoms. The first-order chi connectivity index (χ1) is 15.2. The van der Waals surface area contributed by atoms with Crippen molar-refractivity contribution in [3.63, 3.8) is 0 Å². The van der Waals surface area contributed by atoms with Gasteiger partial charge in [0.2, 0.25) is 0 Å². The van der Waals surface area contributed by atoms with Gasteiger partial charge in [-0.3, -0.25) is 0 Å². The van der Waals surface area contributed by atoms with Gasteiger partial charge in [0.05, 0.1) is 13.2 Å². The summed E-state index contributed by atoms with van der Waals surface area (Å²) in [5.74, 6) is -0.376. The Morgan fingerprint density at radius 3 is 1.74 bits per heavy atom. The van der Waals surface area contributed by atoms with Crippen LogP contribution in [-0.2, 0) is 19.0 Å². The van der Waals surface area contributed by atoms with Crippen molar-refractivity contribution >= 4 is 5.97 Å². The van der Waals surface area contributed by atoms with Crippen LogP contribution in [0.4, 0.5) is 0 Å². The Morgan fingerprint density at radius 2 is 1.19 bits per heavy atom. The molecule has 4 nitrogen and oxygen atoms in total. The first-order valence-electron chi connectivity index (χ1n) is 12.6. The average molecular weight is 437 g/mol. The van der Waals surface area contributed by atoms with Gasteiger partial charge in [-0.2, -0.15) is 0 Å². The second kappa shape index (κ2) is 24.9. The molecule has 0 aromatic rings. The van der Waals surface area contributed by atoms with Gasteiger partial charge in [0, 0.05) is 19.3 Å². The van der Waals surface area contributed by atoms with Gasteiger partial charge in [0.1, 0.15) is 6.10 Å². The lowest BCUT2D eigenvalue weighted by Gasteiger charge is -2.16. The second-order valence-corrected chi connectivity index (χ2v) is 7.87. The highest BCUT2D eigenvalue weighted by molar-refractivity contribution is 5.82. The largest absolute Gasteiger partial charge is 0.454 e. The molecule has 0 spiro atoms. The van der Waals surface area contributed by atoms with Gasteiger partial charge in [-0.05, 0) is 26.7 Å². The number of ether oxygens (including phenoxy) is 3. The van der Waals surface area contributed by atoms with Crippen molar-refractivity contribution < 1.29 is 19.0 Å². The minimum Gasteiger partial charge on any atom is -0.454 e. The fourth-order valence-electron chi connectivity index (χ4n) is 3.18. The van der Waals surface area contributed by atoms with Crippen molar-refractivity contribution in [1.29, 1.82) is 0 Å². The third-order valence-corrected chi connectivity index (χ3v) is 4.97. The lowest BCUT2D eigenvalue weighted by molar-refractivity contribution is -0.149. The van der Waals surface area contributed by atoms with E-state index in [1.165, 1.54) is 76.7 Å². The maximum atomic E-state index is 11.9. The number of allylic oxidation sites excluding steroid dienone is 5. The summed E-state index contributed by atoms with van der Waals surface area (Å²) in [4.78, 5) is 11.9. The molecule has 31 heavy (non-hydrogen) atoms. The Morgan fingerprint density at radius 1 is 0.677 bits per heavy atom. The Bertz CT molecular complexity index is 460. The van der Waals surface area contributed by atoms with Crippen LogP contribution in [0, 0.1) is 0 Å². The number of esters is 1. The van der Waals surface area contributed by atoms with Crippen LogP contribution >= 0.6 is 0 Å². The Labute approximate surface area is 192 Å². The highest BCUT2D eigenvalue weighted by Gasteiger charge is 2.12. The van der Waals surface area contributed by atoms with E-state index in [2.05, 4.69) is 13.0 Å². The second-order valence-electron chi connectivity index (χ2n) is 7.87. The topological polar surface area (TPSA) is 44.8 Å². The number of hydrogen-bond donors (Lipinski definition) is 0. The molecule has 0 N–H and O–H groups in total. The van der Waals surface area contributed by atoms with E-state index in [-0.39, 0.29) is 12.1 Å². The minimum absolute atomic E-state index is 0.355. The molecule has 0 rings (SSSR count). The van der Waals surface area contributed by atoms with Gasteiger partial charge in [-0.1, -0.05) is 102 Å². The van der Waals surface area contributed by atoms with Crippen LogP contribution < -0.4 is 0 Å². The van der Waals surface area contributed by atoms with Crippen LogP contribution in [0.15, 0.2) is 36.5 Å². The van der Waals surface area contributed by atoms with Gasteiger partial charge < -0.3 is 14.2 Å². The van der Waals surface area contributed by atoms with Crippen molar-refractivity contribution in [2.24, 2.45) is 0 Å². The highest BCUT2D eigenvalue weighted by Crippen LogP contribution is 2.12. The van der Waals surface area contributed by atoms with Gasteiger partial charge >= 0.3 is 5.97 Å². The van der Waals surface area contributed by atoms with E-state index in [0.29, 0.717) is 26.4 Å². The van der Waals surface area contributed by atoms with Crippen LogP contribution in [-0.4, -0.2) is 38.5 Å². The molecule has 0 aromatic heterocycles. The summed E-state index contributed by atoms with van der Waals surface area (Å²) >= 11 is 0. The number of carbonyl (C=O) groups excluding carboxylic acids is 1. The van der Waals surface area contributed by atoms with Crippen LogP contribution in [0.5, 0.6) is 0 Å². The molecule has 0 aliphatic carbocycles. The first kappa shape index (κ1) is 29.6. The van der Waals surface area contributed by atoms with Gasteiger partial charge in [-0.25, -0.2) is 4.79 Å². The smallest absolute Gasteiger partial charge is 0.331 e. The summed E-state index contributed by atoms with van der Waals surface area (Å²) < 4.78 is 16.0. The zero-order valence-electron chi connectivity index (χ0n) is 20.5. The molecule has 180 valence electrons. The van der Waals surface area contributed by atoms with Gasteiger partial charge in [0.15, 0.2) is 0 Å². The normalized spacial score (nSPS) is 12.1. The molecule has 0 atom stereocenters. The molecule has 0 aromatic carbocycles. The minimum atomic E-state index is -0.376. The predicted molar refractivity (Wildman–Crippen MR) is 131 cm³/mol. The van der Waals surface area contributed by atoms with Crippen molar-refractivity contribution in [2.45, 2.75) is 104 Å². The van der Waals surface area contributed by atoms with E-state index in [1.807, 2.05) is 32.1 Å². The quantitative estimate of drug-likeness (QED) is 0.0770. The summed E-state index contributed by atoms with van der Waals surface area (Å²) in [5, 5.41) is 0. The van der Waals surface area contributed by atoms with Crippen LogP contribution in [0.3, 0.4) is 0 Å². The van der Waals surface area contributed by atoms with E-state index in [9.17, 15) is 4.79 Å². The molecule has 0 saturated carbocycles. The highest BCUT2D eigenvalue weighted by atomic mass is 16.6. The first-order valence-corrected chi connectivity index (χ1v) is 12.6. The molecule has 0 amide bonds. The predicted octanol–water partition coefficient (Wildman–Crippen LogP) is 7.34. The Kier molecular flexibility index (Phi) is 23.8. The van der Waals surface area contributed by atoms with Gasteiger partial charge in [0.25, 0.3) is 0 Å². The number of unbranched alkanes of at least 4 members (excludes halogenated alkanes) is 11. The van der Waals surface area contributed by atoms with Crippen molar-refractivity contribution in [3.05, 3.63) is 36.5 Å². The molecular weight excluding hydrogens is 388 g/mol. The lowest BCUT2D eigenvalue weighted by atomic mass is 10.1. The summed E-state index contributed by atoms with van der Waals surface area (Å²) in [6, 6.07) is 0. The Balaban J connectivity index is 3.69. The zero-order valence-corrected chi connectivity index (χ0v) is 20.5. The van der Waals surface area contributed by atoms with E-state index in [4.69, 9.17) is 14.2 Å². The van der Waals surface area contributed by atoms with E-state index in [0.717, 1.165) is 6.42 Å². The lowest BCUT2D eigenvalue weighted by Crippen LogP contribution is -2.28. The third kappa shape index (κ3) is 23.1. The van der Waals surface area contributed by atoms with E-state index in [1.54, 1.807) is 6.08 Å². The Hall–Kier alpha value is -1.39. The molecule has 0 radical (unpaired) electrons. The fourth-order valence-corrected chi connectivity index (χ4v) is 3.18. The summed E-state index contributed by atoms with van der Waals surface area (Å²) in [6.07, 6.45) is 27.0. The maximum absolute atomic E-state index is 11.9. The molecule has 0 heterocycles. The van der Waals surface area contributed by atoms with Crippen molar-refractivity contribution in [1.82, 2.24) is 0 Å². The molecule has 4 heteroatoms. The number of hydrogen-bond acceptors (Lipinski definition) is 4. The molecule has 0 aliphatic rings. The zero-order chi connectivity index (χ0) is 22.8. The van der Waals surface area contributed by atoms with Crippen molar-refractivity contribution in [3.8, 4) is 0 Å². The molecule has 0 fully saturated rings. The fraction of sp³-hybridized carbons (Fsp3) is 0.741. The average Bonchev–Trinajstić information content (AvgIpc) is 2.77. The number of carbonyl (C=O) groups is 1. The van der Waals surface area contributed by atoms with Crippen molar-refractivity contribution in [2.75, 3.05) is 26.4 Å². The van der Waals surface area contributed by atoms with Gasteiger partial charge in [-0.15, -0.1) is 0 Å².